The van der Waals surface area contributed by atoms with Crippen molar-refractivity contribution in [3.05, 3.63) is 113 Å². The molecule has 4 aromatic heterocycles. The van der Waals surface area contributed by atoms with Gasteiger partial charge in [-0.3, -0.25) is 0 Å². The van der Waals surface area contributed by atoms with Crippen LogP contribution in [0.1, 0.15) is 34.3 Å². The summed E-state index contributed by atoms with van der Waals surface area (Å²) in [6.07, 6.45) is 3.25. The maximum absolute atomic E-state index is 6.39. The number of para-hydroxylation sites is 1. The number of nitrogens with zero attached hydrogens (tertiary/aromatic N) is 6. The fraction of sp³-hybridized carbons (Fsp3) is 0.111. The van der Waals surface area contributed by atoms with Crippen LogP contribution in [0.15, 0.2) is 83.7 Å². The van der Waals surface area contributed by atoms with Crippen molar-refractivity contribution in [2.75, 3.05) is 0 Å². The molecular weight excluding hydrogens is 492 g/mol. The highest BCUT2D eigenvalue weighted by molar-refractivity contribution is 6.30. The van der Waals surface area contributed by atoms with E-state index in [2.05, 4.69) is 10.1 Å². The Morgan fingerprint density at radius 3 is 2.59 bits per heavy atom. The van der Waals surface area contributed by atoms with E-state index in [1.54, 1.807) is 46.1 Å². The number of hydrogen-bond acceptors (Lipinski definition) is 7. The van der Waals surface area contributed by atoms with Crippen molar-refractivity contribution in [3.8, 4) is 23.2 Å². The van der Waals surface area contributed by atoms with Crippen LogP contribution in [0, 0.1) is 6.92 Å². The predicted molar refractivity (Wildman–Crippen MR) is 135 cm³/mol. The fourth-order valence-corrected chi connectivity index (χ4v) is 4.77. The van der Waals surface area contributed by atoms with Crippen molar-refractivity contribution < 1.29 is 13.9 Å². The third-order valence-corrected chi connectivity index (χ3v) is 6.53. The van der Waals surface area contributed by atoms with Crippen LogP contribution in [0.25, 0.3) is 11.3 Å². The second-order valence-corrected chi connectivity index (χ2v) is 9.04. The summed E-state index contributed by atoms with van der Waals surface area (Å²) in [7, 11) is 0. The lowest BCUT2D eigenvalue weighted by molar-refractivity contribution is 0.296. The van der Waals surface area contributed by atoms with E-state index in [9.17, 15) is 0 Å². The monoisotopic (exact) mass is 510 g/mol. The molecule has 182 valence electrons. The molecule has 0 spiro atoms. The molecule has 1 aliphatic rings. The molecule has 5 heterocycles. The Hall–Kier alpha value is -4.63. The number of hydrogen-bond donors (Lipinski definition) is 0. The molecule has 0 fully saturated rings. The van der Waals surface area contributed by atoms with Crippen molar-refractivity contribution in [3.63, 3.8) is 0 Å². The molecule has 7 rings (SSSR count). The Morgan fingerprint density at radius 2 is 1.81 bits per heavy atom. The zero-order chi connectivity index (χ0) is 24.9. The minimum absolute atomic E-state index is 0.181. The van der Waals surface area contributed by atoms with Gasteiger partial charge in [0.25, 0.3) is 0 Å². The van der Waals surface area contributed by atoms with Gasteiger partial charge in [0.2, 0.25) is 11.8 Å². The largest absolute Gasteiger partial charge is 0.486 e. The molecule has 2 aromatic carbocycles. The maximum atomic E-state index is 6.39. The van der Waals surface area contributed by atoms with Gasteiger partial charge in [0.05, 0.1) is 34.7 Å². The van der Waals surface area contributed by atoms with E-state index in [0.29, 0.717) is 34.0 Å². The first kappa shape index (κ1) is 21.6. The number of rotatable bonds is 5. The van der Waals surface area contributed by atoms with Gasteiger partial charge >= 0.3 is 0 Å². The number of halogens is 1. The van der Waals surface area contributed by atoms with Crippen molar-refractivity contribution in [2.45, 2.75) is 19.4 Å². The summed E-state index contributed by atoms with van der Waals surface area (Å²) in [4.78, 5) is 9.39. The van der Waals surface area contributed by atoms with E-state index in [-0.39, 0.29) is 12.5 Å². The zero-order valence-electron chi connectivity index (χ0n) is 19.6. The van der Waals surface area contributed by atoms with Gasteiger partial charge in [-0.25, -0.2) is 19.2 Å². The summed E-state index contributed by atoms with van der Waals surface area (Å²) in [5.41, 5.74) is 3.96. The Kier molecular flexibility index (Phi) is 4.97. The number of benzene rings is 2. The quantitative estimate of drug-likeness (QED) is 0.292. The van der Waals surface area contributed by atoms with Crippen LogP contribution >= 0.6 is 11.6 Å². The van der Waals surface area contributed by atoms with E-state index in [1.165, 1.54) is 0 Å². The fourth-order valence-electron chi connectivity index (χ4n) is 4.65. The summed E-state index contributed by atoms with van der Waals surface area (Å²) in [6.45, 7) is 2.14. The molecule has 0 aliphatic carbocycles. The minimum atomic E-state index is -0.336. The van der Waals surface area contributed by atoms with E-state index < -0.39 is 0 Å². The second-order valence-electron chi connectivity index (χ2n) is 8.60. The van der Waals surface area contributed by atoms with E-state index >= 15 is 0 Å². The number of furan rings is 1. The highest BCUT2D eigenvalue weighted by Gasteiger charge is 2.39. The maximum Gasteiger partial charge on any atom is 0.230 e. The summed E-state index contributed by atoms with van der Waals surface area (Å²) in [6, 6.07) is 20.8. The lowest BCUT2D eigenvalue weighted by Gasteiger charge is -2.24. The van der Waals surface area contributed by atoms with Crippen LogP contribution < -0.4 is 9.47 Å². The predicted octanol–water partition coefficient (Wildman–Crippen LogP) is 5.73. The molecule has 6 aromatic rings. The standard InChI is InChI=1S/C27H19ClN6O3/c1-16-22-23(20-8-5-13-35-20)24-25-30-21(14-36-19-11-9-17(28)10-12-19)32-33(25)15-29-26(24)37-27(22)34(31-16)18-6-3-2-4-7-18/h2-13,15,23H,14H2,1H3. The van der Waals surface area contributed by atoms with Gasteiger partial charge in [0.15, 0.2) is 11.5 Å². The Bertz CT molecular complexity index is 1730. The van der Waals surface area contributed by atoms with E-state index in [0.717, 1.165) is 28.3 Å². The SMILES string of the molecule is Cc1nn(-c2ccccc2)c2c1C(c1ccco1)c1c(ncn3nc(COc4ccc(Cl)cc4)nc13)O2. The summed E-state index contributed by atoms with van der Waals surface area (Å²) in [5.74, 6) is 2.60. The van der Waals surface area contributed by atoms with Gasteiger partial charge in [-0.15, -0.1) is 5.10 Å². The molecule has 1 aliphatic heterocycles. The molecule has 37 heavy (non-hydrogen) atoms. The van der Waals surface area contributed by atoms with Gasteiger partial charge in [0, 0.05) is 5.02 Å². The molecule has 1 unspecified atom stereocenters. The van der Waals surface area contributed by atoms with E-state index in [1.807, 2.05) is 49.4 Å². The first-order valence-electron chi connectivity index (χ1n) is 11.6. The third kappa shape index (κ3) is 3.63. The second kappa shape index (κ2) is 8.49. The van der Waals surface area contributed by atoms with E-state index in [4.69, 9.17) is 35.6 Å². The third-order valence-electron chi connectivity index (χ3n) is 6.27. The Morgan fingerprint density at radius 1 is 0.973 bits per heavy atom. The lowest BCUT2D eigenvalue weighted by Crippen LogP contribution is -2.15. The molecule has 0 bridgehead atoms. The van der Waals surface area contributed by atoms with Crippen LogP contribution in [0.4, 0.5) is 0 Å². The molecule has 9 nitrogen and oxygen atoms in total. The molecular formula is C27H19ClN6O3. The van der Waals surface area contributed by atoms with Crippen LogP contribution in [0.5, 0.6) is 17.5 Å². The van der Waals surface area contributed by atoms with Gasteiger partial charge in [-0.2, -0.15) is 5.10 Å². The van der Waals surface area contributed by atoms with Crippen molar-refractivity contribution in [1.29, 1.82) is 0 Å². The summed E-state index contributed by atoms with van der Waals surface area (Å²) < 4.78 is 21.6. The van der Waals surface area contributed by atoms with Crippen LogP contribution in [-0.4, -0.2) is 29.4 Å². The Balaban J connectivity index is 1.34. The minimum Gasteiger partial charge on any atom is -0.486 e. The summed E-state index contributed by atoms with van der Waals surface area (Å²) >= 11 is 5.97. The lowest BCUT2D eigenvalue weighted by atomic mass is 9.88. The number of ether oxygens (including phenoxy) is 2. The van der Waals surface area contributed by atoms with Gasteiger partial charge in [0.1, 0.15) is 24.4 Å². The molecule has 0 N–H and O–H groups in total. The average molecular weight is 511 g/mol. The van der Waals surface area contributed by atoms with Crippen molar-refractivity contribution in [2.24, 2.45) is 0 Å². The van der Waals surface area contributed by atoms with Crippen LogP contribution in [0.2, 0.25) is 5.02 Å². The smallest absolute Gasteiger partial charge is 0.230 e. The van der Waals surface area contributed by atoms with Crippen LogP contribution in [-0.2, 0) is 6.61 Å². The molecule has 0 amide bonds. The number of aromatic nitrogens is 6. The van der Waals surface area contributed by atoms with Gasteiger partial charge in [-0.05, 0) is 55.5 Å². The van der Waals surface area contributed by atoms with Crippen molar-refractivity contribution in [1.82, 2.24) is 29.4 Å². The number of fused-ring (bicyclic) bond motifs is 4. The normalized spacial score (nSPS) is 14.3. The molecule has 10 heteroatoms. The first-order valence-corrected chi connectivity index (χ1v) is 12.0. The zero-order valence-corrected chi connectivity index (χ0v) is 20.3. The molecule has 0 radical (unpaired) electrons. The molecule has 1 atom stereocenters. The van der Waals surface area contributed by atoms with Gasteiger partial charge in [-0.1, -0.05) is 29.8 Å². The van der Waals surface area contributed by atoms with Crippen LogP contribution in [0.3, 0.4) is 0 Å². The van der Waals surface area contributed by atoms with Gasteiger partial charge < -0.3 is 13.9 Å². The molecule has 0 saturated carbocycles. The summed E-state index contributed by atoms with van der Waals surface area (Å²) in [5, 5.41) is 10.0. The van der Waals surface area contributed by atoms with Crippen molar-refractivity contribution >= 4 is 17.2 Å². The average Bonchev–Trinajstić information content (AvgIpc) is 3.67. The molecule has 0 saturated heterocycles. The highest BCUT2D eigenvalue weighted by Crippen LogP contribution is 2.49. The first-order chi connectivity index (χ1) is 18.2. The Labute approximate surface area is 215 Å². The number of aryl methyl sites for hydroxylation is 1. The highest BCUT2D eigenvalue weighted by atomic mass is 35.5. The topological polar surface area (TPSA) is 92.5 Å².